The first-order valence-corrected chi connectivity index (χ1v) is 7.15. The van der Waals surface area contributed by atoms with E-state index >= 15 is 0 Å². The Morgan fingerprint density at radius 1 is 1.39 bits per heavy atom. The third kappa shape index (κ3) is 3.80. The number of anilines is 1. The molecule has 5 nitrogen and oxygen atoms in total. The maximum absolute atomic E-state index is 4.26. The highest BCUT2D eigenvalue weighted by atomic mass is 32.1. The maximum atomic E-state index is 4.26. The van der Waals surface area contributed by atoms with Gasteiger partial charge < -0.3 is 5.32 Å². The molecule has 0 fully saturated rings. The summed E-state index contributed by atoms with van der Waals surface area (Å²) in [7, 11) is 0. The van der Waals surface area contributed by atoms with Gasteiger partial charge in [0.1, 0.15) is 5.01 Å². The molecule has 0 amide bonds. The summed E-state index contributed by atoms with van der Waals surface area (Å²) in [4.78, 5) is 0. The Kier molecular flexibility index (Phi) is 4.69. The topological polar surface area (TPSA) is 55.6 Å². The van der Waals surface area contributed by atoms with E-state index < -0.39 is 0 Å². The van der Waals surface area contributed by atoms with Gasteiger partial charge in [0.05, 0.1) is 6.20 Å². The van der Waals surface area contributed by atoms with E-state index in [-0.39, 0.29) is 0 Å². The molecule has 0 spiro atoms. The zero-order valence-corrected chi connectivity index (χ0v) is 11.7. The van der Waals surface area contributed by atoms with Gasteiger partial charge in [-0.15, -0.1) is 10.2 Å². The molecule has 0 radical (unpaired) electrons. The van der Waals surface area contributed by atoms with Crippen molar-refractivity contribution in [2.24, 2.45) is 0 Å². The summed E-state index contributed by atoms with van der Waals surface area (Å²) in [6.07, 6.45) is 7.16. The number of aromatic nitrogens is 4. The summed E-state index contributed by atoms with van der Waals surface area (Å²) >= 11 is 1.63. The molecular formula is C12H19N5S. The van der Waals surface area contributed by atoms with Gasteiger partial charge in [-0.05, 0) is 18.9 Å². The molecule has 6 heteroatoms. The van der Waals surface area contributed by atoms with Crippen LogP contribution in [0.3, 0.4) is 0 Å². The largest absolute Gasteiger partial charge is 0.360 e. The molecule has 2 rings (SSSR count). The smallest absolute Gasteiger partial charge is 0.205 e. The van der Waals surface area contributed by atoms with E-state index in [0.29, 0.717) is 0 Å². The SMILES string of the molecule is CCCCNc1nnc(CCn2cc(C)cn2)s1. The quantitative estimate of drug-likeness (QED) is 0.781. The molecule has 98 valence electrons. The van der Waals surface area contributed by atoms with Crippen LogP contribution in [-0.2, 0) is 13.0 Å². The molecule has 0 saturated heterocycles. The van der Waals surface area contributed by atoms with Crippen molar-refractivity contribution in [2.45, 2.75) is 39.7 Å². The highest BCUT2D eigenvalue weighted by Gasteiger charge is 2.04. The van der Waals surface area contributed by atoms with Crippen molar-refractivity contribution >= 4 is 16.5 Å². The number of unbranched alkanes of at least 4 members (excludes halogenated alkanes) is 1. The number of hydrogen-bond acceptors (Lipinski definition) is 5. The van der Waals surface area contributed by atoms with Crippen molar-refractivity contribution < 1.29 is 0 Å². The van der Waals surface area contributed by atoms with Crippen molar-refractivity contribution in [1.29, 1.82) is 0 Å². The number of aryl methyl sites for hydroxylation is 3. The Hall–Kier alpha value is -1.43. The fourth-order valence-corrected chi connectivity index (χ4v) is 2.35. The molecule has 18 heavy (non-hydrogen) atoms. The van der Waals surface area contributed by atoms with Crippen molar-refractivity contribution in [3.63, 3.8) is 0 Å². The Morgan fingerprint density at radius 2 is 2.28 bits per heavy atom. The molecule has 2 heterocycles. The highest BCUT2D eigenvalue weighted by molar-refractivity contribution is 7.15. The minimum absolute atomic E-state index is 0.859. The average Bonchev–Trinajstić information content (AvgIpc) is 2.96. The standard InChI is InChI=1S/C12H19N5S/c1-3-4-6-13-12-16-15-11(18-12)5-7-17-9-10(2)8-14-17/h8-9H,3-7H2,1-2H3,(H,13,16). The van der Waals surface area contributed by atoms with Crippen LogP contribution < -0.4 is 5.32 Å². The average molecular weight is 265 g/mol. The van der Waals surface area contributed by atoms with E-state index in [2.05, 4.69) is 27.5 Å². The lowest BCUT2D eigenvalue weighted by Crippen LogP contribution is -2.01. The van der Waals surface area contributed by atoms with Crippen LogP contribution in [0.15, 0.2) is 12.4 Å². The second-order valence-corrected chi connectivity index (χ2v) is 5.37. The normalized spacial score (nSPS) is 10.8. The summed E-state index contributed by atoms with van der Waals surface area (Å²) in [5.41, 5.74) is 1.19. The van der Waals surface area contributed by atoms with Gasteiger partial charge in [0.25, 0.3) is 0 Å². The van der Waals surface area contributed by atoms with Gasteiger partial charge in [-0.3, -0.25) is 4.68 Å². The van der Waals surface area contributed by atoms with Crippen LogP contribution in [0.5, 0.6) is 0 Å². The number of nitrogens with one attached hydrogen (secondary N) is 1. The van der Waals surface area contributed by atoms with Crippen molar-refractivity contribution in [1.82, 2.24) is 20.0 Å². The lowest BCUT2D eigenvalue weighted by atomic mass is 10.3. The first kappa shape index (κ1) is 13.0. The van der Waals surface area contributed by atoms with Gasteiger partial charge in [0.2, 0.25) is 5.13 Å². The minimum atomic E-state index is 0.859. The fourth-order valence-electron chi connectivity index (χ4n) is 1.60. The monoisotopic (exact) mass is 265 g/mol. The molecule has 2 aromatic heterocycles. The van der Waals surface area contributed by atoms with Crippen LogP contribution in [0.1, 0.15) is 30.3 Å². The van der Waals surface area contributed by atoms with E-state index in [0.717, 1.165) is 29.6 Å². The highest BCUT2D eigenvalue weighted by Crippen LogP contribution is 2.16. The lowest BCUT2D eigenvalue weighted by Gasteiger charge is -1.98. The predicted molar refractivity (Wildman–Crippen MR) is 74.0 cm³/mol. The Morgan fingerprint density at radius 3 is 3.00 bits per heavy atom. The molecule has 0 aliphatic rings. The third-order valence-electron chi connectivity index (χ3n) is 2.59. The molecule has 0 saturated carbocycles. The second-order valence-electron chi connectivity index (χ2n) is 4.31. The van der Waals surface area contributed by atoms with Gasteiger partial charge in [-0.2, -0.15) is 5.10 Å². The summed E-state index contributed by atoms with van der Waals surface area (Å²) in [6, 6.07) is 0. The maximum Gasteiger partial charge on any atom is 0.205 e. The van der Waals surface area contributed by atoms with Crippen LogP contribution in [0.25, 0.3) is 0 Å². The molecule has 2 aromatic rings. The van der Waals surface area contributed by atoms with Crippen LogP contribution >= 0.6 is 11.3 Å². The summed E-state index contributed by atoms with van der Waals surface area (Å²) in [5.74, 6) is 0. The van der Waals surface area contributed by atoms with Crippen molar-refractivity contribution in [3.05, 3.63) is 23.0 Å². The number of hydrogen-bond donors (Lipinski definition) is 1. The molecule has 0 aliphatic carbocycles. The van der Waals surface area contributed by atoms with E-state index in [4.69, 9.17) is 0 Å². The molecule has 0 bridgehead atoms. The van der Waals surface area contributed by atoms with Crippen LogP contribution in [0.2, 0.25) is 0 Å². The van der Waals surface area contributed by atoms with Gasteiger partial charge in [-0.1, -0.05) is 24.7 Å². The number of nitrogens with zero attached hydrogens (tertiary/aromatic N) is 4. The van der Waals surface area contributed by atoms with Gasteiger partial charge >= 0.3 is 0 Å². The Labute approximate surface area is 111 Å². The predicted octanol–water partition coefficient (Wildman–Crippen LogP) is 2.50. The molecule has 0 aromatic carbocycles. The third-order valence-corrected chi connectivity index (χ3v) is 3.53. The second kappa shape index (κ2) is 6.49. The minimum Gasteiger partial charge on any atom is -0.360 e. The van der Waals surface area contributed by atoms with E-state index in [9.17, 15) is 0 Å². The molecule has 0 aliphatic heterocycles. The Bertz CT molecular complexity index is 476. The fraction of sp³-hybridized carbons (Fsp3) is 0.583. The van der Waals surface area contributed by atoms with Crippen LogP contribution in [-0.4, -0.2) is 26.5 Å². The summed E-state index contributed by atoms with van der Waals surface area (Å²) < 4.78 is 1.95. The van der Waals surface area contributed by atoms with Gasteiger partial charge in [0, 0.05) is 25.7 Å². The van der Waals surface area contributed by atoms with E-state index in [1.165, 1.54) is 18.4 Å². The zero-order chi connectivity index (χ0) is 12.8. The first-order valence-electron chi connectivity index (χ1n) is 6.33. The van der Waals surface area contributed by atoms with Crippen LogP contribution in [0.4, 0.5) is 5.13 Å². The van der Waals surface area contributed by atoms with E-state index in [1.54, 1.807) is 11.3 Å². The first-order chi connectivity index (χ1) is 8.78. The van der Waals surface area contributed by atoms with Crippen molar-refractivity contribution in [3.8, 4) is 0 Å². The van der Waals surface area contributed by atoms with Gasteiger partial charge in [-0.25, -0.2) is 0 Å². The molecular weight excluding hydrogens is 246 g/mol. The molecule has 1 N–H and O–H groups in total. The molecule has 0 unspecified atom stereocenters. The van der Waals surface area contributed by atoms with Crippen LogP contribution in [0, 0.1) is 6.92 Å². The zero-order valence-electron chi connectivity index (χ0n) is 10.9. The summed E-state index contributed by atoms with van der Waals surface area (Å²) in [5, 5.41) is 17.8. The van der Waals surface area contributed by atoms with E-state index in [1.807, 2.05) is 24.0 Å². The molecule has 0 atom stereocenters. The Balaban J connectivity index is 1.79. The summed E-state index contributed by atoms with van der Waals surface area (Å²) in [6.45, 7) is 6.06. The van der Waals surface area contributed by atoms with Crippen molar-refractivity contribution in [2.75, 3.05) is 11.9 Å². The van der Waals surface area contributed by atoms with Gasteiger partial charge in [0.15, 0.2) is 0 Å². The number of rotatable bonds is 7. The lowest BCUT2D eigenvalue weighted by molar-refractivity contribution is 0.611.